The molecule has 4 nitrogen and oxygen atoms in total. The first-order valence-corrected chi connectivity index (χ1v) is 7.60. The third kappa shape index (κ3) is 5.03. The standard InChI is InChI=1S/C17H17FN2O2S/c1-2-10-22-15-9-4-3-8-14(15)16(21)20-17(23)19-13-7-5-6-12(18)11-13/h3-9,11H,2,10H2,1H3,(H2,19,20,21,23). The van der Waals surface area contributed by atoms with E-state index in [1.165, 1.54) is 12.1 Å². The Morgan fingerprint density at radius 3 is 2.74 bits per heavy atom. The van der Waals surface area contributed by atoms with Crippen molar-refractivity contribution in [2.45, 2.75) is 13.3 Å². The van der Waals surface area contributed by atoms with Gasteiger partial charge in [0.15, 0.2) is 5.11 Å². The molecule has 0 aliphatic rings. The second kappa shape index (κ2) is 8.24. The van der Waals surface area contributed by atoms with Crippen molar-refractivity contribution in [3.63, 3.8) is 0 Å². The maximum absolute atomic E-state index is 13.1. The summed E-state index contributed by atoms with van der Waals surface area (Å²) in [5.41, 5.74) is 0.857. The number of amides is 1. The van der Waals surface area contributed by atoms with Crippen molar-refractivity contribution in [3.8, 4) is 5.75 Å². The number of nitrogens with one attached hydrogen (secondary N) is 2. The Hall–Kier alpha value is -2.47. The van der Waals surface area contributed by atoms with Gasteiger partial charge in [0.2, 0.25) is 0 Å². The average molecular weight is 332 g/mol. The molecule has 2 aromatic rings. The highest BCUT2D eigenvalue weighted by atomic mass is 32.1. The van der Waals surface area contributed by atoms with Gasteiger partial charge in [-0.05, 0) is 49.0 Å². The highest BCUT2D eigenvalue weighted by Gasteiger charge is 2.13. The third-order valence-electron chi connectivity index (χ3n) is 2.90. The number of carbonyl (C=O) groups is 1. The van der Waals surface area contributed by atoms with Crippen molar-refractivity contribution in [2.75, 3.05) is 11.9 Å². The van der Waals surface area contributed by atoms with Gasteiger partial charge < -0.3 is 10.1 Å². The van der Waals surface area contributed by atoms with Gasteiger partial charge in [0.1, 0.15) is 11.6 Å². The van der Waals surface area contributed by atoms with E-state index in [1.807, 2.05) is 6.92 Å². The summed E-state index contributed by atoms with van der Waals surface area (Å²) in [5, 5.41) is 5.41. The fraction of sp³-hybridized carbons (Fsp3) is 0.176. The number of ether oxygens (including phenoxy) is 1. The molecule has 23 heavy (non-hydrogen) atoms. The van der Waals surface area contributed by atoms with Crippen LogP contribution in [0.1, 0.15) is 23.7 Å². The second-order valence-corrected chi connectivity index (χ2v) is 5.17. The predicted molar refractivity (Wildman–Crippen MR) is 92.3 cm³/mol. The fourth-order valence-electron chi connectivity index (χ4n) is 1.89. The van der Waals surface area contributed by atoms with Crippen LogP contribution in [0.3, 0.4) is 0 Å². The van der Waals surface area contributed by atoms with Crippen molar-refractivity contribution in [1.29, 1.82) is 0 Å². The second-order valence-electron chi connectivity index (χ2n) is 4.76. The first-order valence-electron chi connectivity index (χ1n) is 7.20. The van der Waals surface area contributed by atoms with E-state index in [0.717, 1.165) is 6.42 Å². The summed E-state index contributed by atoms with van der Waals surface area (Å²) < 4.78 is 18.7. The van der Waals surface area contributed by atoms with E-state index in [-0.39, 0.29) is 16.8 Å². The summed E-state index contributed by atoms with van der Waals surface area (Å²) in [6, 6.07) is 12.8. The minimum Gasteiger partial charge on any atom is -0.493 e. The van der Waals surface area contributed by atoms with E-state index in [1.54, 1.807) is 36.4 Å². The van der Waals surface area contributed by atoms with Crippen LogP contribution in [-0.4, -0.2) is 17.6 Å². The largest absolute Gasteiger partial charge is 0.493 e. The van der Waals surface area contributed by atoms with Crippen LogP contribution in [0.4, 0.5) is 10.1 Å². The molecule has 0 aromatic heterocycles. The third-order valence-corrected chi connectivity index (χ3v) is 3.11. The molecule has 0 bridgehead atoms. The number of carbonyl (C=O) groups excluding carboxylic acids is 1. The number of hydrogen-bond donors (Lipinski definition) is 2. The summed E-state index contributed by atoms with van der Waals surface area (Å²) in [7, 11) is 0. The summed E-state index contributed by atoms with van der Waals surface area (Å²) in [5.74, 6) is -0.270. The normalized spacial score (nSPS) is 10.0. The number of anilines is 1. The minimum absolute atomic E-state index is 0.0888. The van der Waals surface area contributed by atoms with E-state index in [0.29, 0.717) is 23.6 Å². The van der Waals surface area contributed by atoms with Gasteiger partial charge in [0.05, 0.1) is 12.2 Å². The van der Waals surface area contributed by atoms with Crippen molar-refractivity contribution in [2.24, 2.45) is 0 Å². The highest BCUT2D eigenvalue weighted by molar-refractivity contribution is 7.80. The molecule has 120 valence electrons. The molecule has 0 aliphatic carbocycles. The van der Waals surface area contributed by atoms with Crippen LogP contribution < -0.4 is 15.4 Å². The predicted octanol–water partition coefficient (Wildman–Crippen LogP) is 3.74. The quantitative estimate of drug-likeness (QED) is 0.819. The van der Waals surface area contributed by atoms with E-state index >= 15 is 0 Å². The summed E-state index contributed by atoms with van der Waals surface area (Å²) in [6.07, 6.45) is 0.843. The molecular formula is C17H17FN2O2S. The van der Waals surface area contributed by atoms with Gasteiger partial charge >= 0.3 is 0 Å². The van der Waals surface area contributed by atoms with Crippen LogP contribution in [0, 0.1) is 5.82 Å². The molecule has 0 aliphatic heterocycles. The Kier molecular flexibility index (Phi) is 6.05. The van der Waals surface area contributed by atoms with Crippen LogP contribution in [-0.2, 0) is 0 Å². The lowest BCUT2D eigenvalue weighted by Crippen LogP contribution is -2.34. The summed E-state index contributed by atoms with van der Waals surface area (Å²) in [4.78, 5) is 12.3. The molecule has 2 aromatic carbocycles. The van der Waals surface area contributed by atoms with Crippen LogP contribution in [0.15, 0.2) is 48.5 Å². The maximum Gasteiger partial charge on any atom is 0.261 e. The zero-order chi connectivity index (χ0) is 16.7. The topological polar surface area (TPSA) is 50.4 Å². The smallest absolute Gasteiger partial charge is 0.261 e. The SMILES string of the molecule is CCCOc1ccccc1C(=O)NC(=S)Nc1cccc(F)c1. The molecule has 1 amide bonds. The lowest BCUT2D eigenvalue weighted by Gasteiger charge is -2.12. The highest BCUT2D eigenvalue weighted by Crippen LogP contribution is 2.18. The Bertz CT molecular complexity index is 706. The Labute approximate surface area is 139 Å². The average Bonchev–Trinajstić information content (AvgIpc) is 2.53. The summed E-state index contributed by atoms with van der Waals surface area (Å²) >= 11 is 5.08. The Morgan fingerprint density at radius 1 is 1.22 bits per heavy atom. The van der Waals surface area contributed by atoms with Gasteiger partial charge in [-0.1, -0.05) is 25.1 Å². The van der Waals surface area contributed by atoms with E-state index in [9.17, 15) is 9.18 Å². The molecular weight excluding hydrogens is 315 g/mol. The van der Waals surface area contributed by atoms with Crippen molar-refractivity contribution >= 4 is 28.9 Å². The van der Waals surface area contributed by atoms with Crippen LogP contribution in [0.2, 0.25) is 0 Å². The molecule has 0 radical (unpaired) electrons. The van der Waals surface area contributed by atoms with Crippen molar-refractivity contribution in [1.82, 2.24) is 5.32 Å². The van der Waals surface area contributed by atoms with Gasteiger partial charge in [-0.3, -0.25) is 10.1 Å². The zero-order valence-corrected chi connectivity index (χ0v) is 13.5. The number of halogens is 1. The van der Waals surface area contributed by atoms with Crippen LogP contribution in [0.5, 0.6) is 5.75 Å². The van der Waals surface area contributed by atoms with Gasteiger partial charge in [0.25, 0.3) is 5.91 Å². The van der Waals surface area contributed by atoms with E-state index < -0.39 is 0 Å². The van der Waals surface area contributed by atoms with Crippen LogP contribution >= 0.6 is 12.2 Å². The number of thiocarbonyl (C=S) groups is 1. The molecule has 0 fully saturated rings. The van der Waals surface area contributed by atoms with Gasteiger partial charge in [-0.25, -0.2) is 4.39 Å². The lowest BCUT2D eigenvalue weighted by molar-refractivity contribution is 0.0973. The summed E-state index contributed by atoms with van der Waals surface area (Å²) in [6.45, 7) is 2.51. The minimum atomic E-state index is -0.387. The maximum atomic E-state index is 13.1. The number of hydrogen-bond acceptors (Lipinski definition) is 3. The molecule has 0 unspecified atom stereocenters. The molecule has 2 N–H and O–H groups in total. The van der Waals surface area contributed by atoms with E-state index in [4.69, 9.17) is 17.0 Å². The van der Waals surface area contributed by atoms with Gasteiger partial charge in [-0.2, -0.15) is 0 Å². The molecule has 0 heterocycles. The molecule has 2 rings (SSSR count). The van der Waals surface area contributed by atoms with Crippen molar-refractivity contribution < 1.29 is 13.9 Å². The molecule has 0 saturated carbocycles. The Morgan fingerprint density at radius 2 is 2.00 bits per heavy atom. The number of para-hydroxylation sites is 1. The monoisotopic (exact) mass is 332 g/mol. The fourth-order valence-corrected chi connectivity index (χ4v) is 2.10. The number of benzene rings is 2. The molecule has 0 spiro atoms. The van der Waals surface area contributed by atoms with E-state index in [2.05, 4.69) is 10.6 Å². The first-order chi connectivity index (χ1) is 11.1. The first kappa shape index (κ1) is 16.9. The lowest BCUT2D eigenvalue weighted by atomic mass is 10.2. The van der Waals surface area contributed by atoms with Gasteiger partial charge in [-0.15, -0.1) is 0 Å². The molecule has 0 saturated heterocycles. The van der Waals surface area contributed by atoms with Crippen molar-refractivity contribution in [3.05, 3.63) is 59.9 Å². The Balaban J connectivity index is 2.02. The molecule has 0 atom stereocenters. The van der Waals surface area contributed by atoms with Gasteiger partial charge in [0, 0.05) is 5.69 Å². The number of rotatable bonds is 5. The molecule has 6 heteroatoms. The van der Waals surface area contributed by atoms with Crippen LogP contribution in [0.25, 0.3) is 0 Å². The zero-order valence-electron chi connectivity index (χ0n) is 12.6.